The van der Waals surface area contributed by atoms with Crippen LogP contribution in [0.3, 0.4) is 0 Å². The summed E-state index contributed by atoms with van der Waals surface area (Å²) in [6, 6.07) is 25.6. The molecule has 0 aliphatic carbocycles. The van der Waals surface area contributed by atoms with E-state index in [0.29, 0.717) is 31.7 Å². The van der Waals surface area contributed by atoms with E-state index in [9.17, 15) is 9.90 Å². The van der Waals surface area contributed by atoms with Gasteiger partial charge in [-0.1, -0.05) is 42.2 Å². The number of carbonyl (C=O) groups is 1. The van der Waals surface area contributed by atoms with Crippen LogP contribution in [0.5, 0.6) is 5.75 Å². The first-order chi connectivity index (χ1) is 18.6. The molecule has 0 aromatic heterocycles. The molecule has 0 spiro atoms. The molecule has 4 atom stereocenters. The number of nitrogens with zero attached hydrogens (tertiary/aromatic N) is 2. The number of urea groups is 1. The number of amides is 2. The lowest BCUT2D eigenvalue weighted by molar-refractivity contribution is -0.0492. The fourth-order valence-electron chi connectivity index (χ4n) is 5.53. The number of fused-ring (bicyclic) bond motifs is 1. The van der Waals surface area contributed by atoms with Gasteiger partial charge in [0, 0.05) is 61.0 Å². The van der Waals surface area contributed by atoms with Gasteiger partial charge in [-0.05, 0) is 60.5 Å². The molecule has 5 rings (SSSR count). The summed E-state index contributed by atoms with van der Waals surface area (Å²) in [5.41, 5.74) is 10.0. The highest BCUT2D eigenvalue weighted by Gasteiger charge is 2.49. The third-order valence-corrected chi connectivity index (χ3v) is 7.53. The molecule has 2 amide bonds. The van der Waals surface area contributed by atoms with Crippen molar-refractivity contribution in [3.63, 3.8) is 0 Å². The highest BCUT2D eigenvalue weighted by Crippen LogP contribution is 2.41. The Hall–Kier alpha value is -3.83. The Kier molecular flexibility index (Phi) is 7.94. The van der Waals surface area contributed by atoms with Crippen molar-refractivity contribution in [3.8, 4) is 17.6 Å². The standard InChI is InChI=1S/C31H34N4O3/c1-38-27-15-13-25(14-16-27)33-31(37)34-20-26(36)17-18-35-28(19-32)30(29(35)21-34)24-11-9-23(10-12-24)8-7-22-5-3-2-4-6-22/h2-6,9-16,26,28-30,36H,17-21,32H2,1H3,(H,33,37)/t26-,28+,29-,30-/m0/s1. The maximum atomic E-state index is 13.3. The van der Waals surface area contributed by atoms with E-state index in [1.807, 2.05) is 42.5 Å². The number of anilines is 1. The number of carbonyl (C=O) groups excluding carboxylic acids is 1. The number of β-amino-alcohol motifs (C(OH)–C–C–N with tert-alkyl or cyclic N) is 1. The lowest BCUT2D eigenvalue weighted by Crippen LogP contribution is -2.69. The molecule has 0 bridgehead atoms. The van der Waals surface area contributed by atoms with Crippen LogP contribution in [0.15, 0.2) is 78.9 Å². The molecule has 3 aromatic carbocycles. The van der Waals surface area contributed by atoms with Crippen molar-refractivity contribution in [2.45, 2.75) is 30.5 Å². The fourth-order valence-corrected chi connectivity index (χ4v) is 5.53. The van der Waals surface area contributed by atoms with Crippen LogP contribution in [0.25, 0.3) is 0 Å². The highest BCUT2D eigenvalue weighted by molar-refractivity contribution is 5.89. The minimum absolute atomic E-state index is 0.124. The summed E-state index contributed by atoms with van der Waals surface area (Å²) in [5.74, 6) is 7.37. The number of hydrogen-bond donors (Lipinski definition) is 3. The van der Waals surface area contributed by atoms with Gasteiger partial charge in [-0.3, -0.25) is 4.90 Å². The van der Waals surface area contributed by atoms with Crippen molar-refractivity contribution in [2.75, 3.05) is 38.6 Å². The van der Waals surface area contributed by atoms with Crippen molar-refractivity contribution in [1.82, 2.24) is 9.80 Å². The number of nitrogens with two attached hydrogens (primary N) is 1. The van der Waals surface area contributed by atoms with Gasteiger partial charge >= 0.3 is 6.03 Å². The minimum atomic E-state index is -0.586. The average molecular weight is 511 g/mol. The van der Waals surface area contributed by atoms with E-state index in [2.05, 4.69) is 46.3 Å². The van der Waals surface area contributed by atoms with Gasteiger partial charge in [0.1, 0.15) is 5.75 Å². The highest BCUT2D eigenvalue weighted by atomic mass is 16.5. The van der Waals surface area contributed by atoms with Gasteiger partial charge in [0.15, 0.2) is 0 Å². The second kappa shape index (κ2) is 11.7. The number of rotatable bonds is 4. The Morgan fingerprint density at radius 3 is 2.34 bits per heavy atom. The van der Waals surface area contributed by atoms with Crippen molar-refractivity contribution < 1.29 is 14.6 Å². The second-order valence-corrected chi connectivity index (χ2v) is 9.88. The molecule has 7 nitrogen and oxygen atoms in total. The zero-order chi connectivity index (χ0) is 26.5. The van der Waals surface area contributed by atoms with Gasteiger partial charge in [-0.15, -0.1) is 0 Å². The second-order valence-electron chi connectivity index (χ2n) is 9.88. The summed E-state index contributed by atoms with van der Waals surface area (Å²) >= 11 is 0. The Bertz CT molecular complexity index is 1280. The Morgan fingerprint density at radius 2 is 1.68 bits per heavy atom. The topological polar surface area (TPSA) is 91.1 Å². The zero-order valence-electron chi connectivity index (χ0n) is 21.6. The van der Waals surface area contributed by atoms with Crippen LogP contribution >= 0.6 is 0 Å². The summed E-state index contributed by atoms with van der Waals surface area (Å²) in [6.45, 7) is 2.08. The first-order valence-electron chi connectivity index (χ1n) is 13.1. The van der Waals surface area contributed by atoms with Crippen molar-refractivity contribution in [1.29, 1.82) is 0 Å². The van der Waals surface area contributed by atoms with E-state index in [4.69, 9.17) is 10.5 Å². The van der Waals surface area contributed by atoms with Crippen LogP contribution in [0.1, 0.15) is 29.0 Å². The molecule has 3 aromatic rings. The lowest BCUT2D eigenvalue weighted by atomic mass is 9.74. The number of hydrogen-bond acceptors (Lipinski definition) is 5. The molecule has 2 heterocycles. The van der Waals surface area contributed by atoms with E-state index in [1.54, 1.807) is 24.1 Å². The number of nitrogens with one attached hydrogen (secondary N) is 1. The lowest BCUT2D eigenvalue weighted by Gasteiger charge is -2.57. The summed E-state index contributed by atoms with van der Waals surface area (Å²) in [4.78, 5) is 17.3. The maximum absolute atomic E-state index is 13.3. The van der Waals surface area contributed by atoms with Crippen LogP contribution < -0.4 is 15.8 Å². The van der Waals surface area contributed by atoms with Crippen molar-refractivity contribution in [2.24, 2.45) is 5.73 Å². The predicted molar refractivity (Wildman–Crippen MR) is 149 cm³/mol. The predicted octanol–water partition coefficient (Wildman–Crippen LogP) is 3.49. The molecular formula is C31H34N4O3. The molecule has 2 saturated heterocycles. The van der Waals surface area contributed by atoms with Crippen LogP contribution in [0.2, 0.25) is 0 Å². The quantitative estimate of drug-likeness (QED) is 0.468. The molecule has 0 radical (unpaired) electrons. The summed E-state index contributed by atoms with van der Waals surface area (Å²) in [7, 11) is 1.61. The van der Waals surface area contributed by atoms with Crippen LogP contribution in [-0.4, -0.2) is 72.4 Å². The van der Waals surface area contributed by atoms with E-state index in [-0.39, 0.29) is 24.0 Å². The molecule has 4 N–H and O–H groups in total. The van der Waals surface area contributed by atoms with E-state index in [1.165, 1.54) is 5.56 Å². The molecule has 2 aliphatic heterocycles. The molecule has 2 fully saturated rings. The van der Waals surface area contributed by atoms with Gasteiger partial charge in [-0.25, -0.2) is 4.79 Å². The Balaban J connectivity index is 1.32. The van der Waals surface area contributed by atoms with Crippen LogP contribution in [-0.2, 0) is 0 Å². The van der Waals surface area contributed by atoms with E-state index >= 15 is 0 Å². The van der Waals surface area contributed by atoms with Gasteiger partial charge in [0.05, 0.1) is 13.2 Å². The molecule has 0 saturated carbocycles. The zero-order valence-corrected chi connectivity index (χ0v) is 21.6. The monoisotopic (exact) mass is 510 g/mol. The molecule has 196 valence electrons. The largest absolute Gasteiger partial charge is 0.497 e. The third-order valence-electron chi connectivity index (χ3n) is 7.53. The number of ether oxygens (including phenoxy) is 1. The van der Waals surface area contributed by atoms with Gasteiger partial charge in [0.25, 0.3) is 0 Å². The Labute approximate surface area is 224 Å². The molecular weight excluding hydrogens is 476 g/mol. The Morgan fingerprint density at radius 1 is 1.00 bits per heavy atom. The summed E-state index contributed by atoms with van der Waals surface area (Å²) in [5, 5.41) is 13.6. The number of aliphatic hydroxyl groups is 1. The summed E-state index contributed by atoms with van der Waals surface area (Å²) < 4.78 is 5.20. The first-order valence-corrected chi connectivity index (χ1v) is 13.1. The molecule has 0 unspecified atom stereocenters. The SMILES string of the molecule is COc1ccc(NC(=O)N2C[C@@H](O)CCN3[C@H](CN)[C@H](c4ccc(C#Cc5ccccc5)cc4)[C@@H]3C2)cc1. The fraction of sp³-hybridized carbons (Fsp3) is 0.323. The molecule has 38 heavy (non-hydrogen) atoms. The maximum Gasteiger partial charge on any atom is 0.321 e. The number of benzene rings is 3. The van der Waals surface area contributed by atoms with Crippen molar-refractivity contribution in [3.05, 3.63) is 95.6 Å². The normalized spacial score (nSPS) is 23.1. The molecule has 2 aliphatic rings. The third kappa shape index (κ3) is 5.68. The van der Waals surface area contributed by atoms with Crippen LogP contribution in [0.4, 0.5) is 10.5 Å². The van der Waals surface area contributed by atoms with Crippen molar-refractivity contribution >= 4 is 11.7 Å². The van der Waals surface area contributed by atoms with Gasteiger partial charge < -0.3 is 25.8 Å². The summed E-state index contributed by atoms with van der Waals surface area (Å²) in [6.07, 6.45) is 0.0116. The van der Waals surface area contributed by atoms with E-state index in [0.717, 1.165) is 23.4 Å². The van der Waals surface area contributed by atoms with E-state index < -0.39 is 6.10 Å². The van der Waals surface area contributed by atoms with Gasteiger partial charge in [0.2, 0.25) is 0 Å². The van der Waals surface area contributed by atoms with Crippen LogP contribution in [0, 0.1) is 11.8 Å². The molecule has 7 heteroatoms. The van der Waals surface area contributed by atoms with Gasteiger partial charge in [-0.2, -0.15) is 0 Å². The average Bonchev–Trinajstić information content (AvgIpc) is 2.94. The smallest absolute Gasteiger partial charge is 0.321 e. The number of aliphatic hydroxyl groups excluding tert-OH is 1. The number of methoxy groups -OCH3 is 1. The minimum Gasteiger partial charge on any atom is -0.497 e. The first kappa shape index (κ1) is 25.8.